The Hall–Kier alpha value is -0.860. The third-order valence-electron chi connectivity index (χ3n) is 4.51. The molecule has 1 saturated heterocycles. The largest absolute Gasteiger partial charge is 0.342 e. The number of ketones is 1. The lowest BCUT2D eigenvalue weighted by molar-refractivity contribution is -0.145. The van der Waals surface area contributed by atoms with Gasteiger partial charge in [0.2, 0.25) is 5.91 Å². The van der Waals surface area contributed by atoms with E-state index in [1.165, 1.54) is 0 Å². The van der Waals surface area contributed by atoms with Crippen LogP contribution in [0, 0.1) is 17.3 Å². The fraction of sp³-hybridized carbons (Fsp3) is 0.867. The molecule has 1 unspecified atom stereocenters. The normalized spacial score (nSPS) is 21.2. The molecule has 0 radical (unpaired) electrons. The highest BCUT2D eigenvalue weighted by Crippen LogP contribution is 2.31. The van der Waals surface area contributed by atoms with Crippen LogP contribution in [0.2, 0.25) is 0 Å². The number of rotatable bonds is 4. The summed E-state index contributed by atoms with van der Waals surface area (Å²) < 4.78 is 0. The van der Waals surface area contributed by atoms with Crippen molar-refractivity contribution < 1.29 is 9.59 Å². The van der Waals surface area contributed by atoms with Crippen molar-refractivity contribution in [2.45, 2.75) is 53.9 Å². The van der Waals surface area contributed by atoms with Crippen molar-refractivity contribution in [2.24, 2.45) is 17.3 Å². The molecule has 1 aliphatic rings. The van der Waals surface area contributed by atoms with Crippen molar-refractivity contribution >= 4 is 11.7 Å². The standard InChI is InChI=1S/C15H27NO2/c1-6-13(17)12-8-7-9-16(10-12)14(18)15(4,5)11(2)3/h11-12H,6-10H2,1-5H3. The van der Waals surface area contributed by atoms with Gasteiger partial charge in [-0.2, -0.15) is 0 Å². The quantitative estimate of drug-likeness (QED) is 0.772. The van der Waals surface area contributed by atoms with E-state index in [4.69, 9.17) is 0 Å². The fourth-order valence-corrected chi connectivity index (χ4v) is 2.37. The summed E-state index contributed by atoms with van der Waals surface area (Å²) in [5.41, 5.74) is -0.336. The molecule has 1 amide bonds. The van der Waals surface area contributed by atoms with Crippen molar-refractivity contribution in [1.29, 1.82) is 0 Å². The van der Waals surface area contributed by atoms with Gasteiger partial charge in [-0.3, -0.25) is 9.59 Å². The molecule has 0 aromatic rings. The Morgan fingerprint density at radius 1 is 1.33 bits per heavy atom. The Labute approximate surface area is 111 Å². The third kappa shape index (κ3) is 3.12. The van der Waals surface area contributed by atoms with E-state index in [9.17, 15) is 9.59 Å². The SMILES string of the molecule is CCC(=O)C1CCCN(C(=O)C(C)(C)C(C)C)C1. The van der Waals surface area contributed by atoms with E-state index in [1.807, 2.05) is 25.7 Å². The number of piperidine rings is 1. The number of hydrogen-bond donors (Lipinski definition) is 0. The summed E-state index contributed by atoms with van der Waals surface area (Å²) in [4.78, 5) is 26.2. The number of hydrogen-bond acceptors (Lipinski definition) is 2. The highest BCUT2D eigenvalue weighted by Gasteiger charge is 2.37. The first-order valence-corrected chi connectivity index (χ1v) is 7.12. The van der Waals surface area contributed by atoms with Gasteiger partial charge in [0, 0.05) is 30.8 Å². The zero-order valence-electron chi connectivity index (χ0n) is 12.5. The summed E-state index contributed by atoms with van der Waals surface area (Å²) in [5.74, 6) is 0.879. The maximum Gasteiger partial charge on any atom is 0.228 e. The van der Waals surface area contributed by atoms with E-state index in [0.29, 0.717) is 24.7 Å². The molecule has 3 heteroatoms. The van der Waals surface area contributed by atoms with Gasteiger partial charge in [-0.15, -0.1) is 0 Å². The summed E-state index contributed by atoms with van der Waals surface area (Å²) >= 11 is 0. The maximum atomic E-state index is 12.5. The van der Waals surface area contributed by atoms with E-state index in [-0.39, 0.29) is 17.2 Å². The van der Waals surface area contributed by atoms with Crippen LogP contribution in [0.25, 0.3) is 0 Å². The number of likely N-dealkylation sites (tertiary alicyclic amines) is 1. The molecule has 1 atom stereocenters. The zero-order chi connectivity index (χ0) is 13.9. The lowest BCUT2D eigenvalue weighted by Crippen LogP contribution is -2.49. The molecule has 0 aromatic heterocycles. The minimum atomic E-state index is -0.336. The fourth-order valence-electron chi connectivity index (χ4n) is 2.37. The van der Waals surface area contributed by atoms with Gasteiger partial charge >= 0.3 is 0 Å². The molecule has 0 bridgehead atoms. The molecule has 0 aliphatic carbocycles. The molecule has 1 fully saturated rings. The van der Waals surface area contributed by atoms with Gasteiger partial charge in [0.1, 0.15) is 5.78 Å². The molecule has 0 saturated carbocycles. The van der Waals surface area contributed by atoms with Gasteiger partial charge in [-0.05, 0) is 18.8 Å². The summed E-state index contributed by atoms with van der Waals surface area (Å²) in [6.07, 6.45) is 2.48. The number of amides is 1. The molecule has 3 nitrogen and oxygen atoms in total. The van der Waals surface area contributed by atoms with Gasteiger partial charge in [0.15, 0.2) is 0 Å². The molecule has 0 N–H and O–H groups in total. The minimum Gasteiger partial charge on any atom is -0.342 e. The smallest absolute Gasteiger partial charge is 0.228 e. The lowest BCUT2D eigenvalue weighted by Gasteiger charge is -2.38. The Bertz CT molecular complexity index is 320. The molecule has 18 heavy (non-hydrogen) atoms. The lowest BCUT2D eigenvalue weighted by atomic mass is 9.79. The first-order chi connectivity index (χ1) is 8.30. The Balaban J connectivity index is 2.72. The molecule has 0 aromatic carbocycles. The van der Waals surface area contributed by atoms with Crippen molar-refractivity contribution in [3.8, 4) is 0 Å². The second-order valence-corrected chi connectivity index (χ2v) is 6.29. The van der Waals surface area contributed by atoms with Crippen LogP contribution in [-0.2, 0) is 9.59 Å². The predicted molar refractivity (Wildman–Crippen MR) is 73.2 cm³/mol. The number of carbonyl (C=O) groups is 2. The summed E-state index contributed by atoms with van der Waals surface area (Å²) in [5, 5.41) is 0. The summed E-state index contributed by atoms with van der Waals surface area (Å²) in [7, 11) is 0. The summed E-state index contributed by atoms with van der Waals surface area (Å²) in [6, 6.07) is 0. The van der Waals surface area contributed by atoms with E-state index in [0.717, 1.165) is 19.4 Å². The molecular weight excluding hydrogens is 226 g/mol. The van der Waals surface area contributed by atoms with Crippen LogP contribution in [-0.4, -0.2) is 29.7 Å². The zero-order valence-corrected chi connectivity index (χ0v) is 12.5. The van der Waals surface area contributed by atoms with Crippen LogP contribution in [0.4, 0.5) is 0 Å². The molecule has 104 valence electrons. The van der Waals surface area contributed by atoms with Crippen molar-refractivity contribution in [3.05, 3.63) is 0 Å². The van der Waals surface area contributed by atoms with Crippen molar-refractivity contribution in [2.75, 3.05) is 13.1 Å². The second-order valence-electron chi connectivity index (χ2n) is 6.29. The van der Waals surface area contributed by atoms with E-state index in [2.05, 4.69) is 13.8 Å². The number of Topliss-reactive ketones (excluding diaryl/α,β-unsaturated/α-hetero) is 1. The number of carbonyl (C=O) groups excluding carboxylic acids is 2. The molecular formula is C15H27NO2. The monoisotopic (exact) mass is 253 g/mol. The molecule has 1 rings (SSSR count). The van der Waals surface area contributed by atoms with Gasteiger partial charge in [-0.25, -0.2) is 0 Å². The van der Waals surface area contributed by atoms with Crippen LogP contribution in [0.3, 0.4) is 0 Å². The third-order valence-corrected chi connectivity index (χ3v) is 4.51. The first-order valence-electron chi connectivity index (χ1n) is 7.12. The molecule has 1 aliphatic heterocycles. The highest BCUT2D eigenvalue weighted by atomic mass is 16.2. The van der Waals surface area contributed by atoms with E-state index < -0.39 is 0 Å². The maximum absolute atomic E-state index is 12.5. The minimum absolute atomic E-state index is 0.0654. The van der Waals surface area contributed by atoms with Crippen LogP contribution in [0.5, 0.6) is 0 Å². The average Bonchev–Trinajstić information content (AvgIpc) is 2.36. The van der Waals surface area contributed by atoms with Crippen LogP contribution >= 0.6 is 0 Å². The van der Waals surface area contributed by atoms with Crippen LogP contribution < -0.4 is 0 Å². The van der Waals surface area contributed by atoms with E-state index >= 15 is 0 Å². The van der Waals surface area contributed by atoms with E-state index in [1.54, 1.807) is 0 Å². The first kappa shape index (κ1) is 15.2. The second kappa shape index (κ2) is 5.85. The van der Waals surface area contributed by atoms with Gasteiger partial charge in [0.05, 0.1) is 0 Å². The van der Waals surface area contributed by atoms with Gasteiger partial charge < -0.3 is 4.90 Å². The van der Waals surface area contributed by atoms with Crippen LogP contribution in [0.15, 0.2) is 0 Å². The highest BCUT2D eigenvalue weighted by molar-refractivity contribution is 5.85. The summed E-state index contributed by atoms with van der Waals surface area (Å²) in [6.45, 7) is 11.5. The van der Waals surface area contributed by atoms with Gasteiger partial charge in [-0.1, -0.05) is 34.6 Å². The Kier molecular flexibility index (Phi) is 4.94. The van der Waals surface area contributed by atoms with Crippen LogP contribution in [0.1, 0.15) is 53.9 Å². The number of nitrogens with zero attached hydrogens (tertiary/aromatic N) is 1. The Morgan fingerprint density at radius 3 is 2.44 bits per heavy atom. The predicted octanol–water partition coefficient (Wildman–Crippen LogP) is 2.89. The topological polar surface area (TPSA) is 37.4 Å². The Morgan fingerprint density at radius 2 is 1.94 bits per heavy atom. The average molecular weight is 253 g/mol. The van der Waals surface area contributed by atoms with Gasteiger partial charge in [0.25, 0.3) is 0 Å². The van der Waals surface area contributed by atoms with Crippen molar-refractivity contribution in [1.82, 2.24) is 4.90 Å². The molecule has 0 spiro atoms. The van der Waals surface area contributed by atoms with Crippen molar-refractivity contribution in [3.63, 3.8) is 0 Å². The molecule has 1 heterocycles.